The SMILES string of the molecule is CCCCc1nn(-c2cc([N+](=O)[O-])ccc2Cl)cc1Cc1ccc(Br)cc1F. The minimum absolute atomic E-state index is 0.0643. The summed E-state index contributed by atoms with van der Waals surface area (Å²) in [6, 6.07) is 9.19. The van der Waals surface area contributed by atoms with Gasteiger partial charge in [0.15, 0.2) is 0 Å². The zero-order valence-corrected chi connectivity index (χ0v) is 17.5. The molecular weight excluding hydrogens is 449 g/mol. The normalized spacial score (nSPS) is 11.0. The molecule has 2 aromatic carbocycles. The average Bonchev–Trinajstić information content (AvgIpc) is 3.05. The molecule has 28 heavy (non-hydrogen) atoms. The fraction of sp³-hybridized carbons (Fsp3) is 0.250. The lowest BCUT2D eigenvalue weighted by molar-refractivity contribution is -0.384. The van der Waals surface area contributed by atoms with Crippen LogP contribution in [0.1, 0.15) is 36.6 Å². The average molecular weight is 467 g/mol. The van der Waals surface area contributed by atoms with E-state index in [0.29, 0.717) is 27.2 Å². The first-order valence-corrected chi connectivity index (χ1v) is 10.0. The predicted octanol–water partition coefficient (Wildman–Crippen LogP) is 6.27. The van der Waals surface area contributed by atoms with Crippen LogP contribution in [0, 0.1) is 15.9 Å². The summed E-state index contributed by atoms with van der Waals surface area (Å²) in [6.07, 6.45) is 4.83. The molecule has 0 unspecified atom stereocenters. The van der Waals surface area contributed by atoms with Crippen LogP contribution < -0.4 is 0 Å². The largest absolute Gasteiger partial charge is 0.271 e. The van der Waals surface area contributed by atoms with Crippen molar-refractivity contribution in [3.63, 3.8) is 0 Å². The second-order valence-electron chi connectivity index (χ2n) is 6.45. The molecule has 0 saturated heterocycles. The van der Waals surface area contributed by atoms with E-state index in [1.165, 1.54) is 24.3 Å². The van der Waals surface area contributed by atoms with Crippen molar-refractivity contribution in [2.45, 2.75) is 32.6 Å². The molecule has 146 valence electrons. The van der Waals surface area contributed by atoms with Crippen LogP contribution in [0.25, 0.3) is 5.69 Å². The van der Waals surface area contributed by atoms with Crippen LogP contribution in [0.15, 0.2) is 47.1 Å². The summed E-state index contributed by atoms with van der Waals surface area (Å²) in [6.45, 7) is 2.09. The molecule has 3 aromatic rings. The van der Waals surface area contributed by atoms with Gasteiger partial charge in [-0.1, -0.05) is 46.9 Å². The van der Waals surface area contributed by atoms with E-state index < -0.39 is 4.92 Å². The molecular formula is C20H18BrClFN3O2. The number of benzene rings is 2. The fourth-order valence-electron chi connectivity index (χ4n) is 2.93. The van der Waals surface area contributed by atoms with Crippen LogP contribution in [-0.2, 0) is 12.8 Å². The lowest BCUT2D eigenvalue weighted by atomic mass is 10.0. The first-order chi connectivity index (χ1) is 13.4. The Balaban J connectivity index is 2.02. The van der Waals surface area contributed by atoms with Crippen LogP contribution in [0.3, 0.4) is 0 Å². The number of hydrogen-bond acceptors (Lipinski definition) is 3. The summed E-state index contributed by atoms with van der Waals surface area (Å²) >= 11 is 9.52. The lowest BCUT2D eigenvalue weighted by Crippen LogP contribution is -1.99. The Hall–Kier alpha value is -2.25. The van der Waals surface area contributed by atoms with Gasteiger partial charge < -0.3 is 0 Å². The minimum Gasteiger partial charge on any atom is -0.258 e. The highest BCUT2D eigenvalue weighted by molar-refractivity contribution is 9.10. The topological polar surface area (TPSA) is 61.0 Å². The smallest absolute Gasteiger partial charge is 0.258 e. The van der Waals surface area contributed by atoms with E-state index in [1.54, 1.807) is 23.0 Å². The fourth-order valence-corrected chi connectivity index (χ4v) is 3.47. The summed E-state index contributed by atoms with van der Waals surface area (Å²) in [7, 11) is 0. The quantitative estimate of drug-likeness (QED) is 0.304. The number of aromatic nitrogens is 2. The van der Waals surface area contributed by atoms with Crippen molar-refractivity contribution in [3.8, 4) is 5.69 Å². The molecule has 0 spiro atoms. The number of nitrogens with zero attached hydrogens (tertiary/aromatic N) is 3. The third-order valence-electron chi connectivity index (χ3n) is 4.43. The van der Waals surface area contributed by atoms with Crippen LogP contribution in [0.5, 0.6) is 0 Å². The number of aryl methyl sites for hydroxylation is 1. The van der Waals surface area contributed by atoms with Crippen LogP contribution in [0.4, 0.5) is 10.1 Å². The number of hydrogen-bond donors (Lipinski definition) is 0. The highest BCUT2D eigenvalue weighted by atomic mass is 79.9. The molecule has 1 heterocycles. The van der Waals surface area contributed by atoms with Crippen molar-refractivity contribution < 1.29 is 9.31 Å². The second-order valence-corrected chi connectivity index (χ2v) is 7.78. The Labute approximate surface area is 175 Å². The first kappa shape index (κ1) is 20.5. The summed E-state index contributed by atoms with van der Waals surface area (Å²) < 4.78 is 16.5. The second kappa shape index (κ2) is 8.84. The van der Waals surface area contributed by atoms with Crippen molar-refractivity contribution in [2.24, 2.45) is 0 Å². The zero-order valence-electron chi connectivity index (χ0n) is 15.2. The summed E-state index contributed by atoms with van der Waals surface area (Å²) in [5.41, 5.74) is 2.64. The Morgan fingerprint density at radius 3 is 2.71 bits per heavy atom. The minimum atomic E-state index is -0.473. The van der Waals surface area contributed by atoms with E-state index in [0.717, 1.165) is 30.5 Å². The number of unbranched alkanes of at least 4 members (excludes halogenated alkanes) is 1. The van der Waals surface area contributed by atoms with E-state index in [1.807, 2.05) is 0 Å². The first-order valence-electron chi connectivity index (χ1n) is 8.84. The number of non-ortho nitro benzene ring substituents is 1. The van der Waals surface area contributed by atoms with Crippen molar-refractivity contribution in [2.75, 3.05) is 0 Å². The van der Waals surface area contributed by atoms with Crippen molar-refractivity contribution >= 4 is 33.2 Å². The molecule has 0 saturated carbocycles. The van der Waals surface area contributed by atoms with Gasteiger partial charge in [0.1, 0.15) is 5.82 Å². The van der Waals surface area contributed by atoms with Gasteiger partial charge in [-0.3, -0.25) is 10.1 Å². The predicted molar refractivity (Wildman–Crippen MR) is 111 cm³/mol. The van der Waals surface area contributed by atoms with Gasteiger partial charge in [-0.2, -0.15) is 5.10 Å². The van der Waals surface area contributed by atoms with Gasteiger partial charge in [-0.05, 0) is 42.2 Å². The summed E-state index contributed by atoms with van der Waals surface area (Å²) in [5, 5.41) is 16.1. The van der Waals surface area contributed by atoms with Crippen LogP contribution in [-0.4, -0.2) is 14.7 Å². The lowest BCUT2D eigenvalue weighted by Gasteiger charge is -2.04. The van der Waals surface area contributed by atoms with Crippen LogP contribution in [0.2, 0.25) is 5.02 Å². The number of nitro groups is 1. The highest BCUT2D eigenvalue weighted by Gasteiger charge is 2.16. The number of rotatable bonds is 7. The van der Waals surface area contributed by atoms with E-state index in [9.17, 15) is 14.5 Å². The molecule has 8 heteroatoms. The monoisotopic (exact) mass is 465 g/mol. The highest BCUT2D eigenvalue weighted by Crippen LogP contribution is 2.27. The van der Waals surface area contributed by atoms with Gasteiger partial charge >= 0.3 is 0 Å². The van der Waals surface area contributed by atoms with Crippen molar-refractivity contribution in [3.05, 3.63) is 84.8 Å². The third-order valence-corrected chi connectivity index (χ3v) is 5.24. The Morgan fingerprint density at radius 2 is 2.04 bits per heavy atom. The Morgan fingerprint density at radius 1 is 1.25 bits per heavy atom. The van der Waals surface area contributed by atoms with Gasteiger partial charge in [-0.15, -0.1) is 0 Å². The van der Waals surface area contributed by atoms with Gasteiger partial charge in [-0.25, -0.2) is 9.07 Å². The molecule has 3 rings (SSSR count). The molecule has 0 N–H and O–H groups in total. The van der Waals surface area contributed by atoms with Crippen molar-refractivity contribution in [1.82, 2.24) is 9.78 Å². The molecule has 0 bridgehead atoms. The molecule has 0 fully saturated rings. The van der Waals surface area contributed by atoms with Gasteiger partial charge in [0, 0.05) is 29.2 Å². The molecule has 0 radical (unpaired) electrons. The van der Waals surface area contributed by atoms with Gasteiger partial charge in [0.05, 0.1) is 21.3 Å². The van der Waals surface area contributed by atoms with E-state index >= 15 is 0 Å². The van der Waals surface area contributed by atoms with Gasteiger partial charge in [0.25, 0.3) is 5.69 Å². The molecule has 0 atom stereocenters. The third kappa shape index (κ3) is 4.59. The maximum Gasteiger partial charge on any atom is 0.271 e. The number of halogens is 3. The van der Waals surface area contributed by atoms with E-state index in [-0.39, 0.29) is 11.5 Å². The molecule has 0 aliphatic carbocycles. The van der Waals surface area contributed by atoms with Gasteiger partial charge in [0.2, 0.25) is 0 Å². The molecule has 1 aromatic heterocycles. The zero-order chi connectivity index (χ0) is 20.3. The maximum absolute atomic E-state index is 14.3. The molecule has 0 aliphatic heterocycles. The Kier molecular flexibility index (Phi) is 6.46. The standard InChI is InChI=1S/C20H18BrClFN3O2/c1-2-3-4-19-14(9-13-5-6-15(21)10-18(13)23)12-25(24-19)20-11-16(26(27)28)7-8-17(20)22/h5-8,10-12H,2-4,9H2,1H3. The van der Waals surface area contributed by atoms with E-state index in [4.69, 9.17) is 11.6 Å². The maximum atomic E-state index is 14.3. The Bertz CT molecular complexity index is 1020. The van der Waals surface area contributed by atoms with Crippen LogP contribution >= 0.6 is 27.5 Å². The summed E-state index contributed by atoms with van der Waals surface area (Å²) in [5.74, 6) is -0.294. The van der Waals surface area contributed by atoms with E-state index in [2.05, 4.69) is 28.0 Å². The summed E-state index contributed by atoms with van der Waals surface area (Å²) in [4.78, 5) is 10.6. The molecule has 5 nitrogen and oxygen atoms in total. The molecule has 0 aliphatic rings. The number of nitro benzene ring substituents is 1. The van der Waals surface area contributed by atoms with Crippen molar-refractivity contribution in [1.29, 1.82) is 0 Å². The molecule has 0 amide bonds.